The molecule has 3 aromatic rings. The lowest BCUT2D eigenvalue weighted by atomic mass is 9.62. The van der Waals surface area contributed by atoms with Gasteiger partial charge in [-0.15, -0.1) is 0 Å². The van der Waals surface area contributed by atoms with Crippen LogP contribution in [0.1, 0.15) is 43.4 Å². The molecule has 0 bridgehead atoms. The van der Waals surface area contributed by atoms with Crippen LogP contribution in [0, 0.1) is 11.2 Å². The number of nitrogens with zero attached hydrogens (tertiary/aromatic N) is 3. The zero-order chi connectivity index (χ0) is 26.3. The van der Waals surface area contributed by atoms with Crippen molar-refractivity contribution in [3.05, 3.63) is 95.3 Å². The summed E-state index contributed by atoms with van der Waals surface area (Å²) in [7, 11) is 7.97. The largest absolute Gasteiger partial charge is 0.405 e. The van der Waals surface area contributed by atoms with E-state index in [1.54, 1.807) is 12.1 Å². The Bertz CT molecular complexity index is 1220. The van der Waals surface area contributed by atoms with Crippen LogP contribution in [-0.4, -0.2) is 45.6 Å². The summed E-state index contributed by atoms with van der Waals surface area (Å²) in [6.45, 7) is 6.00. The molecular formula is C30H34FN3O2. The predicted octanol–water partition coefficient (Wildman–Crippen LogP) is 5.88. The Morgan fingerprint density at radius 3 is 1.75 bits per heavy atom. The maximum Gasteiger partial charge on any atom is 0.342 e. The maximum absolute atomic E-state index is 14.0. The molecule has 0 saturated carbocycles. The molecule has 0 aliphatic carbocycles. The number of carbonyl (C=O) groups is 1. The summed E-state index contributed by atoms with van der Waals surface area (Å²) in [5.41, 5.74) is 2.58. The zero-order valence-electron chi connectivity index (χ0n) is 22.0. The van der Waals surface area contributed by atoms with E-state index in [9.17, 15) is 9.18 Å². The van der Waals surface area contributed by atoms with Crippen LogP contribution < -0.4 is 9.80 Å². The van der Waals surface area contributed by atoms with Crippen LogP contribution in [0.5, 0.6) is 0 Å². The minimum absolute atomic E-state index is 0.147. The van der Waals surface area contributed by atoms with Crippen LogP contribution in [0.15, 0.2) is 77.8 Å². The van der Waals surface area contributed by atoms with Crippen molar-refractivity contribution in [2.45, 2.75) is 32.2 Å². The van der Waals surface area contributed by atoms with E-state index in [0.717, 1.165) is 22.5 Å². The molecule has 1 atom stereocenters. The number of ether oxygens (including phenoxy) is 1. The van der Waals surface area contributed by atoms with E-state index in [2.05, 4.69) is 24.3 Å². The third kappa shape index (κ3) is 4.48. The Morgan fingerprint density at radius 1 is 0.833 bits per heavy atom. The van der Waals surface area contributed by atoms with Gasteiger partial charge in [-0.25, -0.2) is 14.2 Å². The Morgan fingerprint density at radius 2 is 1.33 bits per heavy atom. The lowest BCUT2D eigenvalue weighted by Crippen LogP contribution is -2.51. The lowest BCUT2D eigenvalue weighted by Gasteiger charge is -2.42. The highest BCUT2D eigenvalue weighted by Crippen LogP contribution is 2.51. The minimum Gasteiger partial charge on any atom is -0.405 e. The van der Waals surface area contributed by atoms with Crippen molar-refractivity contribution in [2.24, 2.45) is 10.4 Å². The molecule has 36 heavy (non-hydrogen) atoms. The van der Waals surface area contributed by atoms with Crippen LogP contribution in [0.4, 0.5) is 15.8 Å². The van der Waals surface area contributed by atoms with Gasteiger partial charge in [0.25, 0.3) is 0 Å². The molecule has 0 spiro atoms. The molecule has 1 aliphatic heterocycles. The number of aliphatic imine (C=N–C) groups is 1. The van der Waals surface area contributed by atoms with Crippen molar-refractivity contribution in [2.75, 3.05) is 38.0 Å². The average Bonchev–Trinajstić information content (AvgIpc) is 3.18. The van der Waals surface area contributed by atoms with Crippen LogP contribution in [0.25, 0.3) is 0 Å². The number of anilines is 2. The smallest absolute Gasteiger partial charge is 0.342 e. The van der Waals surface area contributed by atoms with Gasteiger partial charge in [-0.05, 0) is 59.0 Å². The van der Waals surface area contributed by atoms with Crippen molar-refractivity contribution in [3.63, 3.8) is 0 Å². The van der Waals surface area contributed by atoms with Gasteiger partial charge in [0.15, 0.2) is 5.54 Å². The summed E-state index contributed by atoms with van der Waals surface area (Å²) in [6, 6.07) is 22.4. The van der Waals surface area contributed by atoms with Gasteiger partial charge in [0.1, 0.15) is 5.82 Å². The third-order valence-electron chi connectivity index (χ3n) is 6.90. The number of hydrogen-bond acceptors (Lipinski definition) is 5. The molecule has 0 radical (unpaired) electrons. The molecule has 1 unspecified atom stereocenters. The molecule has 5 nitrogen and oxygen atoms in total. The van der Waals surface area contributed by atoms with Gasteiger partial charge in [-0.1, -0.05) is 51.1 Å². The first-order valence-corrected chi connectivity index (χ1v) is 12.1. The SMILES string of the molecule is CN(C)c1ccc(C(c2ccc(N(C)C)cc2)C2(C(C)(C)C)N=C(c3cccc(F)c3)OC2=O)cc1. The van der Waals surface area contributed by atoms with Gasteiger partial charge < -0.3 is 14.5 Å². The molecule has 188 valence electrons. The van der Waals surface area contributed by atoms with Gasteiger partial charge in [-0.2, -0.15) is 0 Å². The molecule has 1 heterocycles. The minimum atomic E-state index is -1.27. The number of cyclic esters (lactones) is 1. The summed E-state index contributed by atoms with van der Waals surface area (Å²) in [5.74, 6) is -1.13. The van der Waals surface area contributed by atoms with Crippen LogP contribution in [0.2, 0.25) is 0 Å². The van der Waals surface area contributed by atoms with Crippen LogP contribution >= 0.6 is 0 Å². The zero-order valence-corrected chi connectivity index (χ0v) is 22.0. The number of esters is 1. The standard InChI is InChI=1S/C30H34FN3O2/c1-29(2,3)30(28(35)36-27(32-30)22-9-8-10-23(31)19-22)26(20-11-15-24(16-12-20)33(4)5)21-13-17-25(18-14-21)34(6)7/h8-19,26H,1-7H3. The summed E-state index contributed by atoms with van der Waals surface area (Å²) < 4.78 is 19.9. The van der Waals surface area contributed by atoms with Crippen molar-refractivity contribution in [3.8, 4) is 0 Å². The summed E-state index contributed by atoms with van der Waals surface area (Å²) in [5, 5.41) is 0. The van der Waals surface area contributed by atoms with E-state index >= 15 is 0 Å². The maximum atomic E-state index is 14.0. The van der Waals surface area contributed by atoms with Gasteiger partial charge in [0.05, 0.1) is 0 Å². The Balaban J connectivity index is 1.96. The Labute approximate surface area is 213 Å². The van der Waals surface area contributed by atoms with Crippen molar-refractivity contribution >= 4 is 23.2 Å². The second kappa shape index (κ2) is 9.41. The average molecular weight is 488 g/mol. The first-order valence-electron chi connectivity index (χ1n) is 12.1. The highest BCUT2D eigenvalue weighted by molar-refractivity contribution is 6.09. The molecular weight excluding hydrogens is 453 g/mol. The number of carbonyl (C=O) groups excluding carboxylic acids is 1. The first kappa shape index (κ1) is 25.4. The fourth-order valence-corrected chi connectivity index (χ4v) is 4.83. The van der Waals surface area contributed by atoms with E-state index in [1.807, 2.05) is 83.0 Å². The van der Waals surface area contributed by atoms with Crippen LogP contribution in [0.3, 0.4) is 0 Å². The molecule has 1 aliphatic rings. The monoisotopic (exact) mass is 487 g/mol. The quantitative estimate of drug-likeness (QED) is 0.408. The molecule has 0 aromatic heterocycles. The van der Waals surface area contributed by atoms with Crippen LogP contribution in [-0.2, 0) is 9.53 Å². The first-order chi connectivity index (χ1) is 16.9. The highest BCUT2D eigenvalue weighted by Gasteiger charge is 2.60. The molecule has 0 saturated heterocycles. The number of hydrogen-bond donors (Lipinski definition) is 0. The molecule has 0 N–H and O–H groups in total. The predicted molar refractivity (Wildman–Crippen MR) is 145 cm³/mol. The van der Waals surface area contributed by atoms with Gasteiger partial charge >= 0.3 is 5.97 Å². The third-order valence-corrected chi connectivity index (χ3v) is 6.90. The number of halogens is 1. The normalized spacial score (nSPS) is 17.7. The van der Waals surface area contributed by atoms with Crippen molar-refractivity contribution in [1.29, 1.82) is 0 Å². The molecule has 0 fully saturated rings. The second-order valence-electron chi connectivity index (χ2n) is 10.7. The van der Waals surface area contributed by atoms with E-state index in [0.29, 0.717) is 5.56 Å². The summed E-state index contributed by atoms with van der Waals surface area (Å²) in [4.78, 5) is 23.0. The van der Waals surface area contributed by atoms with E-state index in [-0.39, 0.29) is 5.90 Å². The Kier molecular flexibility index (Phi) is 6.65. The van der Waals surface area contributed by atoms with Crippen molar-refractivity contribution < 1.29 is 13.9 Å². The van der Waals surface area contributed by atoms with E-state index in [4.69, 9.17) is 9.73 Å². The summed E-state index contributed by atoms with van der Waals surface area (Å²) in [6.07, 6.45) is 0. The van der Waals surface area contributed by atoms with Gasteiger partial charge in [0.2, 0.25) is 5.90 Å². The molecule has 6 heteroatoms. The second-order valence-corrected chi connectivity index (χ2v) is 10.7. The fraction of sp³-hybridized carbons (Fsp3) is 0.333. The van der Waals surface area contributed by atoms with E-state index < -0.39 is 28.7 Å². The Hall–Kier alpha value is -3.67. The van der Waals surface area contributed by atoms with Gasteiger partial charge in [-0.3, -0.25) is 0 Å². The van der Waals surface area contributed by atoms with E-state index in [1.165, 1.54) is 12.1 Å². The topological polar surface area (TPSA) is 45.1 Å². The highest BCUT2D eigenvalue weighted by atomic mass is 19.1. The molecule has 0 amide bonds. The van der Waals surface area contributed by atoms with Gasteiger partial charge in [0, 0.05) is 51.0 Å². The molecule has 4 rings (SSSR count). The fourth-order valence-electron chi connectivity index (χ4n) is 4.83. The lowest BCUT2D eigenvalue weighted by molar-refractivity contribution is -0.143. The number of benzene rings is 3. The molecule has 3 aromatic carbocycles. The summed E-state index contributed by atoms with van der Waals surface area (Å²) >= 11 is 0. The van der Waals surface area contributed by atoms with Crippen molar-refractivity contribution in [1.82, 2.24) is 0 Å². The number of rotatable bonds is 6.